The van der Waals surface area contributed by atoms with Crippen LogP contribution in [0.4, 0.5) is 5.69 Å². The minimum atomic E-state index is -0.902. The Labute approximate surface area is 181 Å². The van der Waals surface area contributed by atoms with E-state index in [1.807, 2.05) is 31.2 Å². The van der Waals surface area contributed by atoms with Gasteiger partial charge in [-0.05, 0) is 31.2 Å². The zero-order valence-corrected chi connectivity index (χ0v) is 17.8. The van der Waals surface area contributed by atoms with Crippen LogP contribution >= 0.6 is 0 Å². The van der Waals surface area contributed by atoms with E-state index in [4.69, 9.17) is 9.72 Å². The molecule has 3 heterocycles. The molecule has 1 atom stereocenters. The number of hydrogen-bond acceptors (Lipinski definition) is 6. The molecule has 0 radical (unpaired) electrons. The summed E-state index contributed by atoms with van der Waals surface area (Å²) in [5.74, 6) is -0.854. The van der Waals surface area contributed by atoms with Crippen LogP contribution < -0.4 is 5.32 Å². The van der Waals surface area contributed by atoms with E-state index in [1.54, 1.807) is 24.5 Å². The Morgan fingerprint density at radius 1 is 1.19 bits per heavy atom. The molecule has 0 spiro atoms. The van der Waals surface area contributed by atoms with Gasteiger partial charge in [0.25, 0.3) is 5.91 Å². The summed E-state index contributed by atoms with van der Waals surface area (Å²) in [7, 11) is 0. The third-order valence-corrected chi connectivity index (χ3v) is 5.62. The van der Waals surface area contributed by atoms with E-state index in [2.05, 4.69) is 22.1 Å². The second-order valence-electron chi connectivity index (χ2n) is 7.58. The summed E-state index contributed by atoms with van der Waals surface area (Å²) in [6.07, 6.45) is 3.43. The second kappa shape index (κ2) is 9.22. The van der Waals surface area contributed by atoms with Gasteiger partial charge in [-0.3, -0.25) is 19.7 Å². The number of likely N-dealkylation sites (N-methyl/N-ethyl adjacent to an activating group) is 1. The number of ether oxygens (including phenoxy) is 1. The fourth-order valence-corrected chi connectivity index (χ4v) is 3.92. The summed E-state index contributed by atoms with van der Waals surface area (Å²) in [6.45, 7) is 6.38. The maximum Gasteiger partial charge on any atom is 0.340 e. The van der Waals surface area contributed by atoms with Crippen molar-refractivity contribution in [3.05, 3.63) is 65.6 Å². The van der Waals surface area contributed by atoms with Crippen molar-refractivity contribution in [2.24, 2.45) is 0 Å². The molecule has 0 saturated heterocycles. The van der Waals surface area contributed by atoms with Crippen LogP contribution in [0.1, 0.15) is 41.9 Å². The van der Waals surface area contributed by atoms with E-state index in [1.165, 1.54) is 0 Å². The molecule has 160 valence electrons. The van der Waals surface area contributed by atoms with Gasteiger partial charge in [-0.2, -0.15) is 0 Å². The topological polar surface area (TPSA) is 84.4 Å². The van der Waals surface area contributed by atoms with E-state index in [9.17, 15) is 9.59 Å². The maximum absolute atomic E-state index is 13.4. The maximum atomic E-state index is 13.4. The minimum Gasteiger partial charge on any atom is -0.449 e. The lowest BCUT2D eigenvalue weighted by Gasteiger charge is -2.29. The summed E-state index contributed by atoms with van der Waals surface area (Å²) < 4.78 is 5.75. The van der Waals surface area contributed by atoms with Crippen LogP contribution in [-0.4, -0.2) is 45.9 Å². The van der Waals surface area contributed by atoms with Crippen LogP contribution in [0.5, 0.6) is 0 Å². The molecule has 1 amide bonds. The highest BCUT2D eigenvalue weighted by Crippen LogP contribution is 2.29. The summed E-state index contributed by atoms with van der Waals surface area (Å²) in [5.41, 5.74) is 3.69. The van der Waals surface area contributed by atoms with Gasteiger partial charge >= 0.3 is 5.97 Å². The highest BCUT2D eigenvalue weighted by Gasteiger charge is 2.29. The molecule has 4 rings (SSSR count). The van der Waals surface area contributed by atoms with E-state index in [0.29, 0.717) is 24.2 Å². The molecule has 0 fully saturated rings. The molecule has 0 bridgehead atoms. The highest BCUT2D eigenvalue weighted by atomic mass is 16.5. The first-order chi connectivity index (χ1) is 15.1. The second-order valence-corrected chi connectivity index (χ2v) is 7.58. The zero-order chi connectivity index (χ0) is 21.8. The van der Waals surface area contributed by atoms with Crippen molar-refractivity contribution in [3.63, 3.8) is 0 Å². The lowest BCUT2D eigenvalue weighted by molar-refractivity contribution is -0.124. The lowest BCUT2D eigenvalue weighted by Crippen LogP contribution is -2.35. The molecule has 1 aliphatic heterocycles. The standard InChI is InChI=1S/C24H26N4O3/c1-3-21(23(29)26-16-8-7-12-25-14-16)31-24(30)22-17-9-5-6-10-19(17)27-20-11-13-28(4-2)15-18(20)22/h5-10,12,14,21H,3-4,11,13,15H2,1-2H3,(H,26,29). The normalized spacial score (nSPS) is 14.6. The summed E-state index contributed by atoms with van der Waals surface area (Å²) >= 11 is 0. The van der Waals surface area contributed by atoms with E-state index < -0.39 is 12.1 Å². The number of carbonyl (C=O) groups is 2. The summed E-state index contributed by atoms with van der Waals surface area (Å²) in [6, 6.07) is 11.1. The number of pyridine rings is 2. The number of carbonyl (C=O) groups excluding carboxylic acids is 2. The summed E-state index contributed by atoms with van der Waals surface area (Å²) in [4.78, 5) is 37.2. The van der Waals surface area contributed by atoms with Gasteiger partial charge in [0.2, 0.25) is 0 Å². The fourth-order valence-electron chi connectivity index (χ4n) is 3.92. The van der Waals surface area contributed by atoms with Crippen LogP contribution in [0.3, 0.4) is 0 Å². The summed E-state index contributed by atoms with van der Waals surface area (Å²) in [5, 5.41) is 3.52. The number of hydrogen-bond donors (Lipinski definition) is 1. The quantitative estimate of drug-likeness (QED) is 0.616. The molecule has 1 aliphatic rings. The third kappa shape index (κ3) is 4.41. The van der Waals surface area contributed by atoms with Gasteiger partial charge < -0.3 is 10.1 Å². The lowest BCUT2D eigenvalue weighted by atomic mass is 9.95. The number of aromatic nitrogens is 2. The first kappa shape index (κ1) is 20.9. The Morgan fingerprint density at radius 2 is 2.03 bits per heavy atom. The number of nitrogens with zero attached hydrogens (tertiary/aromatic N) is 3. The minimum absolute atomic E-state index is 0.365. The molecule has 0 saturated carbocycles. The van der Waals surface area contributed by atoms with Crippen LogP contribution in [0, 0.1) is 0 Å². The average molecular weight is 418 g/mol. The molecule has 3 aromatic rings. The van der Waals surface area contributed by atoms with Crippen LogP contribution in [0.25, 0.3) is 10.9 Å². The molecular formula is C24H26N4O3. The van der Waals surface area contributed by atoms with Crippen molar-refractivity contribution in [2.45, 2.75) is 39.3 Å². The molecule has 7 nitrogen and oxygen atoms in total. The van der Waals surface area contributed by atoms with E-state index in [0.717, 1.165) is 41.7 Å². The van der Waals surface area contributed by atoms with Crippen molar-refractivity contribution in [1.82, 2.24) is 14.9 Å². The molecule has 1 aromatic carbocycles. The van der Waals surface area contributed by atoms with Crippen molar-refractivity contribution < 1.29 is 14.3 Å². The van der Waals surface area contributed by atoms with Crippen molar-refractivity contribution in [1.29, 1.82) is 0 Å². The number of fused-ring (bicyclic) bond motifs is 2. The van der Waals surface area contributed by atoms with Crippen molar-refractivity contribution >= 4 is 28.5 Å². The molecule has 2 aromatic heterocycles. The number of rotatable bonds is 6. The predicted molar refractivity (Wildman–Crippen MR) is 119 cm³/mol. The highest BCUT2D eigenvalue weighted by molar-refractivity contribution is 6.06. The monoisotopic (exact) mass is 418 g/mol. The Bertz CT molecular complexity index is 1100. The van der Waals surface area contributed by atoms with Crippen molar-refractivity contribution in [2.75, 3.05) is 18.4 Å². The number of anilines is 1. The van der Waals surface area contributed by atoms with Gasteiger partial charge in [0.15, 0.2) is 6.10 Å². The van der Waals surface area contributed by atoms with E-state index >= 15 is 0 Å². The molecule has 0 aliphatic carbocycles. The SMILES string of the molecule is CCC(OC(=O)c1c2c(nc3ccccc13)CCN(CC)C2)C(=O)Nc1cccnc1. The van der Waals surface area contributed by atoms with Gasteiger partial charge in [0, 0.05) is 42.4 Å². The molecule has 1 N–H and O–H groups in total. The van der Waals surface area contributed by atoms with Gasteiger partial charge in [-0.1, -0.05) is 32.0 Å². The molecule has 7 heteroatoms. The number of esters is 1. The Hall–Kier alpha value is -3.32. The van der Waals surface area contributed by atoms with Gasteiger partial charge in [0.05, 0.1) is 23.0 Å². The molecule has 1 unspecified atom stereocenters. The van der Waals surface area contributed by atoms with Crippen LogP contribution in [0.15, 0.2) is 48.8 Å². The van der Waals surface area contributed by atoms with Gasteiger partial charge in [-0.15, -0.1) is 0 Å². The first-order valence-corrected chi connectivity index (χ1v) is 10.6. The Morgan fingerprint density at radius 3 is 2.77 bits per heavy atom. The van der Waals surface area contributed by atoms with E-state index in [-0.39, 0.29) is 5.91 Å². The fraction of sp³-hybridized carbons (Fsp3) is 0.333. The number of amides is 1. The van der Waals surface area contributed by atoms with Gasteiger partial charge in [0.1, 0.15) is 0 Å². The number of para-hydroxylation sites is 1. The first-order valence-electron chi connectivity index (χ1n) is 10.6. The van der Waals surface area contributed by atoms with Crippen LogP contribution in [0.2, 0.25) is 0 Å². The third-order valence-electron chi connectivity index (χ3n) is 5.62. The van der Waals surface area contributed by atoms with Crippen molar-refractivity contribution in [3.8, 4) is 0 Å². The molecule has 31 heavy (non-hydrogen) atoms. The Kier molecular flexibility index (Phi) is 6.23. The molecular weight excluding hydrogens is 392 g/mol. The number of nitrogens with one attached hydrogen (secondary N) is 1. The Balaban J connectivity index is 1.65. The number of benzene rings is 1. The largest absolute Gasteiger partial charge is 0.449 e. The smallest absolute Gasteiger partial charge is 0.340 e. The zero-order valence-electron chi connectivity index (χ0n) is 17.8. The van der Waals surface area contributed by atoms with Gasteiger partial charge in [-0.25, -0.2) is 4.79 Å². The predicted octanol–water partition coefficient (Wildman–Crippen LogP) is 3.58. The average Bonchev–Trinajstić information content (AvgIpc) is 2.81. The van der Waals surface area contributed by atoms with Crippen LogP contribution in [-0.2, 0) is 22.5 Å².